The minimum Gasteiger partial charge on any atom is -0.324 e. The molecule has 1 aliphatic carbocycles. The first-order valence-corrected chi connectivity index (χ1v) is 10.7. The van der Waals surface area contributed by atoms with Crippen molar-refractivity contribution in [2.75, 3.05) is 39.3 Å². The number of hydrogen-bond donors (Lipinski definition) is 0. The smallest absolute Gasteiger partial charge is 0.320 e. The second kappa shape index (κ2) is 8.28. The third-order valence-electron chi connectivity index (χ3n) is 7.22. The summed E-state index contributed by atoms with van der Waals surface area (Å²) >= 11 is 0. The van der Waals surface area contributed by atoms with Gasteiger partial charge in [0.1, 0.15) is 0 Å². The maximum absolute atomic E-state index is 12.8. The molecule has 0 unspecified atom stereocenters. The van der Waals surface area contributed by atoms with Crippen LogP contribution < -0.4 is 0 Å². The van der Waals surface area contributed by atoms with E-state index in [0.717, 1.165) is 57.1 Å². The van der Waals surface area contributed by atoms with E-state index < -0.39 is 0 Å². The number of amides is 2. The summed E-state index contributed by atoms with van der Waals surface area (Å²) in [5, 5.41) is 0. The predicted octanol–water partition coefficient (Wildman–Crippen LogP) is 3.92. The summed E-state index contributed by atoms with van der Waals surface area (Å²) in [7, 11) is 0. The summed E-state index contributed by atoms with van der Waals surface area (Å²) < 4.78 is 0. The molecule has 1 atom stereocenters. The Morgan fingerprint density at radius 1 is 0.720 bits per heavy atom. The summed E-state index contributed by atoms with van der Waals surface area (Å²) in [6.07, 6.45) is 6.69. The van der Waals surface area contributed by atoms with Crippen molar-refractivity contribution < 1.29 is 4.79 Å². The Kier molecular flexibility index (Phi) is 6.30. The van der Waals surface area contributed by atoms with E-state index in [2.05, 4.69) is 42.4 Å². The summed E-state index contributed by atoms with van der Waals surface area (Å²) in [5.41, 5.74) is 0. The van der Waals surface area contributed by atoms with E-state index >= 15 is 0 Å². The van der Waals surface area contributed by atoms with Crippen molar-refractivity contribution in [2.24, 2.45) is 23.7 Å². The van der Waals surface area contributed by atoms with Crippen LogP contribution in [0.3, 0.4) is 0 Å². The number of likely N-dealkylation sites (tertiary alicyclic amines) is 1. The summed E-state index contributed by atoms with van der Waals surface area (Å²) in [5.74, 6) is 3.16. The Bertz CT molecular complexity index is 434. The van der Waals surface area contributed by atoms with E-state index in [1.807, 2.05) is 0 Å². The van der Waals surface area contributed by atoms with Crippen LogP contribution in [-0.4, -0.2) is 66.0 Å². The van der Waals surface area contributed by atoms with Gasteiger partial charge in [-0.15, -0.1) is 0 Å². The number of rotatable bonds is 3. The molecule has 0 spiro atoms. The summed E-state index contributed by atoms with van der Waals surface area (Å²) in [6, 6.07) is 1.07. The third-order valence-corrected chi connectivity index (χ3v) is 7.22. The normalized spacial score (nSPS) is 32.0. The molecular weight excluding hydrogens is 310 g/mol. The number of urea groups is 1. The van der Waals surface area contributed by atoms with Gasteiger partial charge in [0.05, 0.1) is 0 Å². The fourth-order valence-corrected chi connectivity index (χ4v) is 5.12. The highest BCUT2D eigenvalue weighted by Crippen LogP contribution is 2.32. The monoisotopic (exact) mass is 349 g/mol. The molecule has 0 aromatic carbocycles. The topological polar surface area (TPSA) is 26.8 Å². The molecule has 0 bridgehead atoms. The average molecular weight is 350 g/mol. The van der Waals surface area contributed by atoms with Crippen LogP contribution in [0.15, 0.2) is 0 Å². The zero-order valence-corrected chi connectivity index (χ0v) is 16.9. The summed E-state index contributed by atoms with van der Waals surface area (Å²) in [4.78, 5) is 19.7. The molecule has 0 N–H and O–H groups in total. The van der Waals surface area contributed by atoms with E-state index in [-0.39, 0.29) is 0 Å². The molecule has 0 radical (unpaired) electrons. The molecule has 25 heavy (non-hydrogen) atoms. The number of nitrogens with zero attached hydrogens (tertiary/aromatic N) is 3. The Hall–Kier alpha value is -0.770. The van der Waals surface area contributed by atoms with Crippen molar-refractivity contribution in [3.63, 3.8) is 0 Å². The lowest BCUT2D eigenvalue weighted by Crippen LogP contribution is -2.55. The minimum atomic E-state index is 0.298. The second-order valence-corrected chi connectivity index (χ2v) is 9.36. The molecule has 144 valence electrons. The first kappa shape index (κ1) is 19.0. The van der Waals surface area contributed by atoms with Crippen molar-refractivity contribution >= 4 is 6.03 Å². The van der Waals surface area contributed by atoms with Crippen molar-refractivity contribution in [3.8, 4) is 0 Å². The van der Waals surface area contributed by atoms with Gasteiger partial charge in [-0.05, 0) is 55.8 Å². The van der Waals surface area contributed by atoms with Gasteiger partial charge in [-0.1, -0.05) is 27.7 Å². The molecule has 2 saturated heterocycles. The van der Waals surface area contributed by atoms with Gasteiger partial charge in [0.15, 0.2) is 0 Å². The van der Waals surface area contributed by atoms with E-state index in [1.165, 1.54) is 32.1 Å². The first-order valence-electron chi connectivity index (χ1n) is 10.7. The van der Waals surface area contributed by atoms with Crippen LogP contribution in [0.1, 0.15) is 59.8 Å². The third kappa shape index (κ3) is 4.50. The Morgan fingerprint density at radius 3 is 1.84 bits per heavy atom. The van der Waals surface area contributed by atoms with Crippen LogP contribution in [0.2, 0.25) is 0 Å². The van der Waals surface area contributed by atoms with Crippen LogP contribution in [0.5, 0.6) is 0 Å². The number of carbonyl (C=O) groups excluding carboxylic acids is 1. The Labute approximate surface area is 154 Å². The van der Waals surface area contributed by atoms with E-state index in [1.54, 1.807) is 0 Å². The molecule has 4 heteroatoms. The molecule has 4 nitrogen and oxygen atoms in total. The van der Waals surface area contributed by atoms with Gasteiger partial charge in [0.2, 0.25) is 0 Å². The first-order chi connectivity index (χ1) is 12.0. The standard InChI is InChI=1S/C21H39N3O/c1-16(2)18-5-7-20(8-6-18)22-11-13-23(14-12-22)21(25)24-10-9-19(15-24)17(3)4/h16-20H,5-15H2,1-4H3/t18?,19-,20?/m1/s1. The van der Waals surface area contributed by atoms with Crippen molar-refractivity contribution in [1.29, 1.82) is 0 Å². The van der Waals surface area contributed by atoms with Crippen LogP contribution in [0.4, 0.5) is 4.79 Å². The van der Waals surface area contributed by atoms with Gasteiger partial charge in [-0.3, -0.25) is 4.90 Å². The molecule has 3 fully saturated rings. The Morgan fingerprint density at radius 2 is 1.32 bits per heavy atom. The quantitative estimate of drug-likeness (QED) is 0.772. The van der Waals surface area contributed by atoms with Crippen molar-refractivity contribution in [2.45, 2.75) is 65.8 Å². The van der Waals surface area contributed by atoms with Crippen molar-refractivity contribution in [3.05, 3.63) is 0 Å². The number of carbonyl (C=O) groups is 1. The Balaban J connectivity index is 1.42. The molecule has 1 saturated carbocycles. The molecule has 2 amide bonds. The van der Waals surface area contributed by atoms with E-state index in [4.69, 9.17) is 0 Å². The molecular formula is C21H39N3O. The lowest BCUT2D eigenvalue weighted by atomic mass is 9.79. The number of hydrogen-bond acceptors (Lipinski definition) is 2. The van der Waals surface area contributed by atoms with Gasteiger partial charge >= 0.3 is 6.03 Å². The fourth-order valence-electron chi connectivity index (χ4n) is 5.12. The SMILES string of the molecule is CC(C)C1CCC(N2CCN(C(=O)N3CC[C@@H](C(C)C)C3)CC2)CC1. The molecule has 3 rings (SSSR count). The van der Waals surface area contributed by atoms with Crippen molar-refractivity contribution in [1.82, 2.24) is 14.7 Å². The van der Waals surface area contributed by atoms with Gasteiger partial charge < -0.3 is 9.80 Å². The predicted molar refractivity (Wildman–Crippen MR) is 104 cm³/mol. The maximum Gasteiger partial charge on any atom is 0.320 e. The van der Waals surface area contributed by atoms with Crippen LogP contribution in [0.25, 0.3) is 0 Å². The lowest BCUT2D eigenvalue weighted by molar-refractivity contribution is 0.0681. The van der Waals surface area contributed by atoms with Gasteiger partial charge in [-0.2, -0.15) is 0 Å². The zero-order valence-electron chi connectivity index (χ0n) is 16.9. The van der Waals surface area contributed by atoms with Crippen LogP contribution >= 0.6 is 0 Å². The van der Waals surface area contributed by atoms with Crippen LogP contribution in [-0.2, 0) is 0 Å². The lowest BCUT2D eigenvalue weighted by Gasteiger charge is -2.43. The van der Waals surface area contributed by atoms with Gasteiger partial charge in [0.25, 0.3) is 0 Å². The highest BCUT2D eigenvalue weighted by atomic mass is 16.2. The van der Waals surface area contributed by atoms with Gasteiger partial charge in [0, 0.05) is 45.3 Å². The fraction of sp³-hybridized carbons (Fsp3) is 0.952. The second-order valence-electron chi connectivity index (χ2n) is 9.36. The van der Waals surface area contributed by atoms with E-state index in [0.29, 0.717) is 17.9 Å². The molecule has 0 aromatic rings. The minimum absolute atomic E-state index is 0.298. The maximum atomic E-state index is 12.8. The average Bonchev–Trinajstić information content (AvgIpc) is 3.12. The zero-order chi connectivity index (χ0) is 18.0. The highest BCUT2D eigenvalue weighted by molar-refractivity contribution is 5.74. The highest BCUT2D eigenvalue weighted by Gasteiger charge is 2.34. The number of piperazine rings is 1. The summed E-state index contributed by atoms with van der Waals surface area (Å²) in [6.45, 7) is 15.2. The van der Waals surface area contributed by atoms with E-state index in [9.17, 15) is 4.79 Å². The molecule has 0 aromatic heterocycles. The molecule has 2 heterocycles. The largest absolute Gasteiger partial charge is 0.324 e. The van der Waals surface area contributed by atoms with Gasteiger partial charge in [-0.25, -0.2) is 4.79 Å². The molecule has 3 aliphatic rings. The van der Waals surface area contributed by atoms with Crippen LogP contribution in [0, 0.1) is 23.7 Å². The molecule has 2 aliphatic heterocycles.